The first kappa shape index (κ1) is 27.7. The number of ether oxygens (including phenoxy) is 2. The third-order valence-electron chi connectivity index (χ3n) is 4.18. The van der Waals surface area contributed by atoms with E-state index in [0.717, 1.165) is 6.42 Å². The SMILES string of the molecule is COC(=O)[C@@H](NC(=O)C(C)(C)NC(=O)CCCCCNC(=O)OC(C)(C)C)C(C)C. The van der Waals surface area contributed by atoms with Gasteiger partial charge >= 0.3 is 12.1 Å². The van der Waals surface area contributed by atoms with Gasteiger partial charge < -0.3 is 25.4 Å². The Balaban J connectivity index is 4.29. The fraction of sp³-hybridized carbons (Fsp3) is 0.810. The van der Waals surface area contributed by atoms with Crippen LogP contribution in [0.15, 0.2) is 0 Å². The molecule has 0 bridgehead atoms. The number of methoxy groups -OCH3 is 1. The average molecular weight is 430 g/mol. The Kier molecular flexibility index (Phi) is 11.4. The summed E-state index contributed by atoms with van der Waals surface area (Å²) < 4.78 is 9.86. The summed E-state index contributed by atoms with van der Waals surface area (Å²) in [4.78, 5) is 48.1. The zero-order valence-corrected chi connectivity index (χ0v) is 19.6. The van der Waals surface area contributed by atoms with Gasteiger partial charge in [-0.2, -0.15) is 0 Å². The number of alkyl carbamates (subject to hydrolysis) is 1. The molecule has 0 aliphatic carbocycles. The van der Waals surface area contributed by atoms with E-state index in [4.69, 9.17) is 9.47 Å². The summed E-state index contributed by atoms with van der Waals surface area (Å²) in [6, 6.07) is -0.781. The van der Waals surface area contributed by atoms with Crippen molar-refractivity contribution in [2.24, 2.45) is 5.92 Å². The Morgan fingerprint density at radius 2 is 1.53 bits per heavy atom. The molecule has 0 heterocycles. The molecule has 0 unspecified atom stereocenters. The number of hydrogen-bond donors (Lipinski definition) is 3. The largest absolute Gasteiger partial charge is 0.467 e. The van der Waals surface area contributed by atoms with Gasteiger partial charge in [0.25, 0.3) is 0 Å². The minimum atomic E-state index is -1.17. The maximum atomic E-state index is 12.5. The highest BCUT2D eigenvalue weighted by Gasteiger charge is 2.34. The van der Waals surface area contributed by atoms with Gasteiger partial charge in [0.05, 0.1) is 7.11 Å². The second kappa shape index (κ2) is 12.4. The quantitative estimate of drug-likeness (QED) is 0.342. The first-order valence-electron chi connectivity index (χ1n) is 10.4. The number of amides is 3. The van der Waals surface area contributed by atoms with Gasteiger partial charge in [-0.15, -0.1) is 0 Å². The molecule has 9 heteroatoms. The molecule has 1 atom stereocenters. The second-order valence-corrected chi connectivity index (χ2v) is 9.13. The molecular weight excluding hydrogens is 390 g/mol. The predicted octanol–water partition coefficient (Wildman–Crippen LogP) is 2.28. The molecule has 0 aromatic heterocycles. The van der Waals surface area contributed by atoms with Crippen LogP contribution in [0.5, 0.6) is 0 Å². The number of unbranched alkanes of at least 4 members (excludes halogenated alkanes) is 2. The summed E-state index contributed by atoms with van der Waals surface area (Å²) in [5.74, 6) is -1.39. The molecule has 0 rings (SSSR count). The van der Waals surface area contributed by atoms with Crippen molar-refractivity contribution in [1.29, 1.82) is 0 Å². The third-order valence-corrected chi connectivity index (χ3v) is 4.18. The lowest BCUT2D eigenvalue weighted by molar-refractivity contribution is -0.147. The number of hydrogen-bond acceptors (Lipinski definition) is 6. The monoisotopic (exact) mass is 429 g/mol. The van der Waals surface area contributed by atoms with Crippen LogP contribution in [0.3, 0.4) is 0 Å². The van der Waals surface area contributed by atoms with Gasteiger partial charge in [-0.05, 0) is 53.4 Å². The molecule has 3 N–H and O–H groups in total. The van der Waals surface area contributed by atoms with Gasteiger partial charge in [-0.1, -0.05) is 20.3 Å². The van der Waals surface area contributed by atoms with E-state index in [0.29, 0.717) is 19.4 Å². The van der Waals surface area contributed by atoms with Gasteiger partial charge in [0.15, 0.2) is 0 Å². The summed E-state index contributed by atoms with van der Waals surface area (Å²) in [7, 11) is 1.26. The van der Waals surface area contributed by atoms with Gasteiger partial charge in [0.1, 0.15) is 17.2 Å². The normalized spacial score (nSPS) is 12.7. The van der Waals surface area contributed by atoms with Gasteiger partial charge in [0, 0.05) is 13.0 Å². The van der Waals surface area contributed by atoms with Crippen LogP contribution in [0.25, 0.3) is 0 Å². The van der Waals surface area contributed by atoms with E-state index in [2.05, 4.69) is 16.0 Å². The highest BCUT2D eigenvalue weighted by molar-refractivity contribution is 5.93. The summed E-state index contributed by atoms with van der Waals surface area (Å²) in [6.07, 6.45) is 1.88. The van der Waals surface area contributed by atoms with Gasteiger partial charge in [-0.25, -0.2) is 9.59 Å². The average Bonchev–Trinajstić information content (AvgIpc) is 2.59. The number of carbonyl (C=O) groups is 4. The molecule has 9 nitrogen and oxygen atoms in total. The van der Waals surface area contributed by atoms with Crippen molar-refractivity contribution >= 4 is 23.9 Å². The smallest absolute Gasteiger partial charge is 0.407 e. The molecule has 30 heavy (non-hydrogen) atoms. The molecule has 0 radical (unpaired) electrons. The maximum Gasteiger partial charge on any atom is 0.407 e. The maximum absolute atomic E-state index is 12.5. The van der Waals surface area contributed by atoms with Crippen molar-refractivity contribution in [2.45, 2.75) is 91.3 Å². The fourth-order valence-corrected chi connectivity index (χ4v) is 2.51. The van der Waals surface area contributed by atoms with E-state index in [-0.39, 0.29) is 18.2 Å². The summed E-state index contributed by atoms with van der Waals surface area (Å²) in [5, 5.41) is 8.01. The molecule has 0 saturated heterocycles. The number of esters is 1. The molecule has 0 saturated carbocycles. The number of carbonyl (C=O) groups excluding carboxylic acids is 4. The second-order valence-electron chi connectivity index (χ2n) is 9.13. The topological polar surface area (TPSA) is 123 Å². The van der Waals surface area contributed by atoms with Crippen molar-refractivity contribution in [3.63, 3.8) is 0 Å². The van der Waals surface area contributed by atoms with E-state index < -0.39 is 35.2 Å². The Morgan fingerprint density at radius 3 is 2.03 bits per heavy atom. The Morgan fingerprint density at radius 1 is 0.933 bits per heavy atom. The van der Waals surface area contributed by atoms with Crippen LogP contribution in [0.4, 0.5) is 4.79 Å². The van der Waals surface area contributed by atoms with Gasteiger partial charge in [-0.3, -0.25) is 9.59 Å². The van der Waals surface area contributed by atoms with E-state index in [1.807, 2.05) is 0 Å². The van der Waals surface area contributed by atoms with Crippen LogP contribution in [0.1, 0.15) is 74.1 Å². The Labute approximate surface area is 180 Å². The van der Waals surface area contributed by atoms with Crippen molar-refractivity contribution in [2.75, 3.05) is 13.7 Å². The molecule has 0 fully saturated rings. The van der Waals surface area contributed by atoms with Crippen molar-refractivity contribution in [3.05, 3.63) is 0 Å². The van der Waals surface area contributed by atoms with Crippen molar-refractivity contribution in [1.82, 2.24) is 16.0 Å². The molecule has 0 spiro atoms. The fourth-order valence-electron chi connectivity index (χ4n) is 2.51. The van der Waals surface area contributed by atoms with Crippen LogP contribution in [-0.4, -0.2) is 54.7 Å². The molecule has 3 amide bonds. The lowest BCUT2D eigenvalue weighted by Crippen LogP contribution is -2.58. The first-order valence-corrected chi connectivity index (χ1v) is 10.4. The lowest BCUT2D eigenvalue weighted by atomic mass is 9.99. The van der Waals surface area contributed by atoms with Crippen LogP contribution >= 0.6 is 0 Å². The standard InChI is InChI=1S/C21H39N3O6/c1-14(2)16(17(26)29-8)23-18(27)21(6,7)24-15(25)12-10-9-11-13-22-19(28)30-20(3,4)5/h14,16H,9-13H2,1-8H3,(H,22,28)(H,23,27)(H,24,25)/t16-/m0/s1. The van der Waals surface area contributed by atoms with Crippen LogP contribution in [0, 0.1) is 5.92 Å². The van der Waals surface area contributed by atoms with Crippen molar-refractivity contribution in [3.8, 4) is 0 Å². The number of nitrogens with one attached hydrogen (secondary N) is 3. The van der Waals surface area contributed by atoms with Crippen LogP contribution < -0.4 is 16.0 Å². The highest BCUT2D eigenvalue weighted by atomic mass is 16.6. The minimum Gasteiger partial charge on any atom is -0.467 e. The molecule has 174 valence electrons. The molecular formula is C21H39N3O6. The van der Waals surface area contributed by atoms with E-state index >= 15 is 0 Å². The summed E-state index contributed by atoms with van der Waals surface area (Å²) in [5.41, 5.74) is -1.70. The Bertz CT molecular complexity index is 596. The summed E-state index contributed by atoms with van der Waals surface area (Å²) >= 11 is 0. The molecule has 0 aliphatic heterocycles. The first-order chi connectivity index (χ1) is 13.7. The lowest BCUT2D eigenvalue weighted by Gasteiger charge is -2.28. The van der Waals surface area contributed by atoms with E-state index in [9.17, 15) is 19.2 Å². The van der Waals surface area contributed by atoms with E-state index in [1.54, 1.807) is 48.5 Å². The van der Waals surface area contributed by atoms with Crippen molar-refractivity contribution < 1.29 is 28.7 Å². The predicted molar refractivity (Wildman–Crippen MR) is 114 cm³/mol. The highest BCUT2D eigenvalue weighted by Crippen LogP contribution is 2.10. The van der Waals surface area contributed by atoms with Gasteiger partial charge in [0.2, 0.25) is 11.8 Å². The number of rotatable bonds is 11. The zero-order chi connectivity index (χ0) is 23.5. The third kappa shape index (κ3) is 11.6. The zero-order valence-electron chi connectivity index (χ0n) is 19.6. The van der Waals surface area contributed by atoms with Crippen LogP contribution in [0.2, 0.25) is 0 Å². The molecule has 0 aromatic carbocycles. The minimum absolute atomic E-state index is 0.151. The van der Waals surface area contributed by atoms with E-state index in [1.165, 1.54) is 7.11 Å². The molecule has 0 aromatic rings. The van der Waals surface area contributed by atoms with Crippen LogP contribution in [-0.2, 0) is 23.9 Å². The molecule has 0 aliphatic rings. The Hall–Kier alpha value is -2.32. The summed E-state index contributed by atoms with van der Waals surface area (Å²) in [6.45, 7) is 12.6.